The molecule has 2 amide bonds. The van der Waals surface area contributed by atoms with Crippen LogP contribution in [0.3, 0.4) is 0 Å². The van der Waals surface area contributed by atoms with Crippen LogP contribution in [0.2, 0.25) is 5.02 Å². The van der Waals surface area contributed by atoms with Gasteiger partial charge in [0.1, 0.15) is 21.5 Å². The molecule has 7 N–H and O–H groups in total. The summed E-state index contributed by atoms with van der Waals surface area (Å²) in [6, 6.07) is 16.9. The van der Waals surface area contributed by atoms with Gasteiger partial charge in [-0.2, -0.15) is 26.9 Å². The van der Waals surface area contributed by atoms with Crippen LogP contribution in [0.15, 0.2) is 102 Å². The number of hydrazone groups is 1. The van der Waals surface area contributed by atoms with Crippen LogP contribution < -0.4 is 21.6 Å². The summed E-state index contributed by atoms with van der Waals surface area (Å²) in [5.41, 5.74) is 8.20. The van der Waals surface area contributed by atoms with Crippen LogP contribution in [0.1, 0.15) is 22.3 Å². The Bertz CT molecular complexity index is 2480. The third-order valence-corrected chi connectivity index (χ3v) is 10.7. The zero-order valence-electron chi connectivity index (χ0n) is 27.4. The fraction of sp³-hybridized carbons (Fsp3) is 0.0606. The number of phenols is 1. The maximum absolute atomic E-state index is 13.3. The van der Waals surface area contributed by atoms with Crippen molar-refractivity contribution >= 4 is 140 Å². The lowest BCUT2D eigenvalue weighted by Gasteiger charge is -2.17. The predicted molar refractivity (Wildman–Crippen MR) is 222 cm³/mol. The first kappa shape index (κ1) is 43.3. The van der Waals surface area contributed by atoms with Gasteiger partial charge in [0.25, 0.3) is 32.1 Å². The lowest BCUT2D eigenvalue weighted by atomic mass is 9.98. The molecule has 1 atom stereocenters. The number of rotatable bonds is 12. The third kappa shape index (κ3) is 12.6. The van der Waals surface area contributed by atoms with Crippen molar-refractivity contribution in [3.8, 4) is 5.75 Å². The highest BCUT2D eigenvalue weighted by Gasteiger charge is 2.27. The number of isothiocyanates is 1. The van der Waals surface area contributed by atoms with E-state index in [4.69, 9.17) is 23.8 Å². The second-order valence-electron chi connectivity index (χ2n) is 11.0. The molecule has 22 heteroatoms. The van der Waals surface area contributed by atoms with Crippen molar-refractivity contribution in [1.82, 2.24) is 16.3 Å². The van der Waals surface area contributed by atoms with E-state index in [-0.39, 0.29) is 39.8 Å². The quantitative estimate of drug-likeness (QED) is 0.0207. The van der Waals surface area contributed by atoms with Gasteiger partial charge < -0.3 is 10.4 Å². The van der Waals surface area contributed by atoms with Gasteiger partial charge in [0, 0.05) is 10.7 Å². The predicted octanol–water partition coefficient (Wildman–Crippen LogP) is 6.30. The number of thiocarbonyl (C=S) groups is 2. The topological polar surface area (TPSA) is 236 Å². The first-order chi connectivity index (χ1) is 25.8. The Hall–Kier alpha value is -4.41. The van der Waals surface area contributed by atoms with Crippen molar-refractivity contribution in [3.05, 3.63) is 109 Å². The van der Waals surface area contributed by atoms with Crippen molar-refractivity contribution in [2.45, 2.75) is 16.2 Å². The monoisotopic (exact) mass is 970 g/mol. The molecule has 0 aromatic heterocycles. The van der Waals surface area contributed by atoms with E-state index in [1.54, 1.807) is 36.4 Å². The van der Waals surface area contributed by atoms with Gasteiger partial charge in [-0.3, -0.25) is 29.5 Å². The Morgan fingerprint density at radius 1 is 0.855 bits per heavy atom. The normalized spacial score (nSPS) is 12.2. The van der Waals surface area contributed by atoms with Crippen LogP contribution >= 0.6 is 67.9 Å². The summed E-state index contributed by atoms with van der Waals surface area (Å²) < 4.78 is 69.0. The number of amides is 2. The average Bonchev–Trinajstić information content (AvgIpc) is 3.11. The molecule has 0 bridgehead atoms. The molecule has 4 aromatic rings. The summed E-state index contributed by atoms with van der Waals surface area (Å²) in [5.74, 6) is -2.99. The third-order valence-electron chi connectivity index (χ3n) is 7.15. The molecule has 0 spiro atoms. The highest BCUT2D eigenvalue weighted by atomic mass is 79.9. The average molecular weight is 973 g/mol. The van der Waals surface area contributed by atoms with E-state index in [1.165, 1.54) is 42.6 Å². The van der Waals surface area contributed by atoms with Gasteiger partial charge in [-0.25, -0.2) is 5.43 Å². The van der Waals surface area contributed by atoms with Gasteiger partial charge in [-0.05, 0) is 134 Å². The summed E-state index contributed by atoms with van der Waals surface area (Å²) in [6.45, 7) is 0. The fourth-order valence-electron chi connectivity index (χ4n) is 4.60. The number of hydrogen-bond donors (Lipinski definition) is 7. The zero-order valence-corrected chi connectivity index (χ0v) is 34.6. The van der Waals surface area contributed by atoms with E-state index in [0.29, 0.717) is 25.1 Å². The molecule has 0 radical (unpaired) electrons. The molecule has 4 rings (SSSR count). The van der Waals surface area contributed by atoms with Gasteiger partial charge in [0.05, 0.1) is 26.0 Å². The van der Waals surface area contributed by atoms with E-state index >= 15 is 0 Å². The summed E-state index contributed by atoms with van der Waals surface area (Å²) in [6.07, 6.45) is 3.61. The number of carbonyl (C=O) groups is 2. The minimum absolute atomic E-state index is 0.0270. The molecule has 0 fully saturated rings. The Morgan fingerprint density at radius 2 is 1.44 bits per heavy atom. The zero-order chi connectivity index (χ0) is 40.5. The Kier molecular flexibility index (Phi) is 14.9. The van der Waals surface area contributed by atoms with Crippen LogP contribution in [0.25, 0.3) is 12.2 Å². The number of benzene rings is 4. The van der Waals surface area contributed by atoms with Gasteiger partial charge in [0.2, 0.25) is 0 Å². The molecular weight excluding hydrogens is 948 g/mol. The number of carbonyl (C=O) groups excluding carboxylic acids is 2. The molecule has 55 heavy (non-hydrogen) atoms. The van der Waals surface area contributed by atoms with Gasteiger partial charge >= 0.3 is 0 Å². The number of hydrazine groups is 1. The number of aromatic hydroxyl groups is 1. The van der Waals surface area contributed by atoms with Gasteiger partial charge in [-0.1, -0.05) is 48.0 Å². The maximum atomic E-state index is 13.3. The fourth-order valence-corrected chi connectivity index (χ4v) is 7.63. The molecule has 4 aromatic carbocycles. The number of phenolic OH excluding ortho intramolecular Hbond substituents is 1. The second-order valence-corrected chi connectivity index (χ2v) is 16.5. The van der Waals surface area contributed by atoms with E-state index in [2.05, 4.69) is 80.9 Å². The molecule has 0 saturated heterocycles. The standard InChI is InChI=1S/C33H25Br2ClN6O9S4/c34-26-12-19(13-27(35)30(26)43)16-38-40-31(44)25(11-18-1-7-22(36)8-2-18)32(45)41-42-33(53)39-24-10-6-21(29(15-24)55(49,50)51)4-3-20-5-9-23(37-17-52)14-28(20)54(46,47)48/h1-10,12-16,25,43H,11H2,(H,40,44)(H,41,45)(H2,39,42,53)(H,46,47,48)(H,49,50,51)/b4-3+,38-16+. The van der Waals surface area contributed by atoms with Crippen LogP contribution in [-0.4, -0.2) is 59.4 Å². The van der Waals surface area contributed by atoms with Crippen molar-refractivity contribution in [1.29, 1.82) is 0 Å². The molecule has 15 nitrogen and oxygen atoms in total. The molecule has 286 valence electrons. The van der Waals surface area contributed by atoms with Crippen molar-refractivity contribution in [2.24, 2.45) is 16.0 Å². The number of nitrogens with zero attached hydrogens (tertiary/aromatic N) is 2. The summed E-state index contributed by atoms with van der Waals surface area (Å²) >= 11 is 22.2. The summed E-state index contributed by atoms with van der Waals surface area (Å²) in [4.78, 5) is 29.0. The Labute approximate surface area is 346 Å². The Balaban J connectivity index is 1.49. The molecule has 0 aliphatic rings. The van der Waals surface area contributed by atoms with Crippen molar-refractivity contribution in [2.75, 3.05) is 5.32 Å². The van der Waals surface area contributed by atoms with Crippen LogP contribution in [0.4, 0.5) is 11.4 Å². The first-order valence-corrected chi connectivity index (χ1v) is 20.6. The molecule has 0 heterocycles. The summed E-state index contributed by atoms with van der Waals surface area (Å²) in [7, 11) is -9.61. The maximum Gasteiger partial charge on any atom is 0.295 e. The number of hydrogen-bond acceptors (Lipinski definition) is 11. The smallest absolute Gasteiger partial charge is 0.295 e. The number of aliphatic imine (C=N–C) groups is 1. The number of nitrogens with one attached hydrogen (secondary N) is 4. The van der Waals surface area contributed by atoms with Crippen LogP contribution in [0.5, 0.6) is 5.75 Å². The van der Waals surface area contributed by atoms with Crippen molar-refractivity contribution in [3.63, 3.8) is 0 Å². The highest BCUT2D eigenvalue weighted by molar-refractivity contribution is 9.11. The van der Waals surface area contributed by atoms with E-state index < -0.39 is 47.8 Å². The molecule has 0 saturated carbocycles. The van der Waals surface area contributed by atoms with E-state index in [9.17, 15) is 40.6 Å². The number of halogens is 3. The van der Waals surface area contributed by atoms with Crippen LogP contribution in [0, 0.1) is 5.92 Å². The van der Waals surface area contributed by atoms with Gasteiger partial charge in [0.15, 0.2) is 5.11 Å². The Morgan fingerprint density at radius 3 is 2.02 bits per heavy atom. The first-order valence-electron chi connectivity index (χ1n) is 15.0. The van der Waals surface area contributed by atoms with Crippen molar-refractivity contribution < 1.29 is 40.6 Å². The lowest BCUT2D eigenvalue weighted by Crippen LogP contribution is -2.49. The SMILES string of the molecule is O=C(N/N=C/c1cc(Br)c(O)c(Br)c1)C(Cc1ccc(Cl)cc1)C(=O)NNC(=S)Nc1ccc(/C=C/c2ccc(N=C=S)cc2S(=O)(=O)O)c(S(=O)(=O)O)c1. The van der Waals surface area contributed by atoms with Crippen LogP contribution in [-0.2, 0) is 36.2 Å². The minimum Gasteiger partial charge on any atom is -0.506 e. The van der Waals surface area contributed by atoms with E-state index in [0.717, 1.165) is 12.1 Å². The summed E-state index contributed by atoms with van der Waals surface area (Å²) in [5, 5.41) is 18.8. The molecular formula is C33H25Br2ClN6O9S4. The highest BCUT2D eigenvalue weighted by Crippen LogP contribution is 2.33. The molecule has 1 unspecified atom stereocenters. The molecule has 0 aliphatic carbocycles. The molecule has 0 aliphatic heterocycles. The lowest BCUT2D eigenvalue weighted by molar-refractivity contribution is -0.135. The number of anilines is 1. The van der Waals surface area contributed by atoms with Gasteiger partial charge in [-0.15, -0.1) is 0 Å². The second kappa shape index (κ2) is 19.0. The minimum atomic E-state index is -4.87. The van der Waals surface area contributed by atoms with E-state index in [1.807, 2.05) is 0 Å². The largest absolute Gasteiger partial charge is 0.506 e.